The van der Waals surface area contributed by atoms with Crippen molar-refractivity contribution in [1.82, 2.24) is 40.4 Å². The standard InChI is InChI=1S/C12H18N2O4.2C12H21NO4.C11H17NO6.C11H19NO5.C7H7Br.C7H13NO2.C6H11NO3.C5H9NO3.C2HF3O.2CO2.5CH4.ClH/c1-12(2,3)18-11(16)14-7-8(13-4)6-9(14)10(15)17-5;2*1-8-6-9(10(14)16-5)13(7-8)11(15)17-12(2,3)4;1-11(2,3)18-10(16)12-5-7(17-6-13)4-8(12)9(14)15;1-11(2,3)17-10(15)12-6-7(13)5-8(12)9(14)16-4;8-6-7-4-2-1-3-5-7;1-5-3-6(8-4-5)7(9)10-2;1-10-6(9)5-2-4(8)3-7-5;7-3-1-4(5(8)9)6-2-3;3-2(4,5)1-6;2*2-1-3;;;;;;/h8-9H,6-7H2,1-3,5H3;2*8-9H,6-7H2,1-5H3;6-8H,4-5H2,1-3H3,(H,14,15);7-8,13H,5-6H2,1-4H3;1-5H,6H2;5-6,8H,3-4H2,1-2H3;4-5,7-8H,2-3H2,1H3;3-4,6-7H,1-2H2,(H,8,9);1H;;;5*1H4;1H/t8-,9-;8-,9+;8-,9-;7-,8-;7-,8+;;5-,6-;4-,5+;3-,4+;;;;;;;;;/m01001.011........./s1. The highest BCUT2D eigenvalue weighted by Gasteiger charge is 2.48. The Morgan fingerprint density at radius 2 is 0.704 bits per heavy atom. The van der Waals surface area contributed by atoms with Crippen LogP contribution in [0.1, 0.15) is 219 Å². The topological polar surface area (TPSA) is 593 Å². The predicted molar refractivity (Wildman–Crippen MR) is 512 cm³/mol. The number of likely N-dealkylation sites (tertiary alicyclic amines) is 5. The first kappa shape index (κ1) is 149. The predicted octanol–water partition coefficient (Wildman–Crippen LogP) is 9.82. The molecule has 8 aliphatic heterocycles. The van der Waals surface area contributed by atoms with Gasteiger partial charge in [-0.1, -0.05) is 104 Å². The van der Waals surface area contributed by atoms with Crippen molar-refractivity contribution in [1.29, 1.82) is 0 Å². The molecule has 822 valence electrons. The maximum absolute atomic E-state index is 11.9. The number of carboxylic acid groups (broad SMARTS) is 2. The van der Waals surface area contributed by atoms with Crippen LogP contribution in [-0.2, 0) is 129 Å². The zero-order valence-corrected chi connectivity index (χ0v) is 84.2. The van der Waals surface area contributed by atoms with Gasteiger partial charge in [-0.15, -0.1) is 12.4 Å². The van der Waals surface area contributed by atoms with Crippen LogP contribution in [-0.4, -0.2) is 361 Å². The Hall–Kier alpha value is -11.0. The second-order valence-electron chi connectivity index (χ2n) is 36.2. The summed E-state index contributed by atoms with van der Waals surface area (Å²) in [6.07, 6.45) is -6.67. The minimum atomic E-state index is -4.64. The highest BCUT2D eigenvalue weighted by molar-refractivity contribution is 9.08. The molecule has 0 bridgehead atoms. The fraction of sp³-hybridized carbons (Fsp3) is 0.739. The summed E-state index contributed by atoms with van der Waals surface area (Å²) in [6, 6.07) is 5.48. The number of ether oxygens (including phenoxy) is 12. The molecule has 8 saturated heterocycles. The second-order valence-corrected chi connectivity index (χ2v) is 36.7. The number of hydrogen-bond donors (Lipinski definition) is 8. The van der Waals surface area contributed by atoms with Crippen molar-refractivity contribution in [2.75, 3.05) is 95.0 Å². The largest absolute Gasteiger partial charge is 0.480 e. The fourth-order valence-corrected chi connectivity index (χ4v) is 13.2. The monoisotopic (exact) mass is 2140 g/mol. The number of amides is 5. The van der Waals surface area contributed by atoms with E-state index in [9.17, 15) is 85.4 Å². The van der Waals surface area contributed by atoms with Crippen molar-refractivity contribution in [3.8, 4) is 0 Å². The van der Waals surface area contributed by atoms with E-state index in [2.05, 4.69) is 74.7 Å². The molecule has 9 rings (SSSR count). The van der Waals surface area contributed by atoms with Gasteiger partial charge >= 0.3 is 96.7 Å². The molecule has 1 aromatic rings. The van der Waals surface area contributed by atoms with Crippen LogP contribution in [0.5, 0.6) is 0 Å². The molecule has 0 unspecified atom stereocenters. The number of nitrogens with zero attached hydrogens (tertiary/aromatic N) is 6. The number of β-amino-alcohol motifs (C(OH)–C–C–N with tert-alkyl or cyclic N) is 3. The zero-order chi connectivity index (χ0) is 106. The van der Waals surface area contributed by atoms with Gasteiger partial charge in [-0.05, 0) is 153 Å². The molecule has 0 spiro atoms. The number of benzene rings is 1. The van der Waals surface area contributed by atoms with Crippen molar-refractivity contribution >= 4 is 132 Å². The van der Waals surface area contributed by atoms with Crippen LogP contribution in [0.15, 0.2) is 30.3 Å². The molecule has 8 N–H and O–H groups in total. The summed E-state index contributed by atoms with van der Waals surface area (Å²) in [4.78, 5) is 210. The lowest BCUT2D eigenvalue weighted by molar-refractivity contribution is -0.193. The molecular formula is C92H158BrClF3N9O36. The number of esters is 6. The molecule has 50 heteroatoms. The van der Waals surface area contributed by atoms with E-state index < -0.39 is 155 Å². The summed E-state index contributed by atoms with van der Waals surface area (Å²) >= 11 is 3.36. The first-order valence-corrected chi connectivity index (χ1v) is 43.6. The number of carbonyl (C=O) groups excluding carboxylic acids is 17. The third kappa shape index (κ3) is 63.1. The number of alkyl halides is 4. The molecule has 0 saturated carbocycles. The Morgan fingerprint density at radius 3 is 0.951 bits per heavy atom. The number of aldehydes is 1. The van der Waals surface area contributed by atoms with Crippen LogP contribution in [0, 0.1) is 24.3 Å². The number of aliphatic hydroxyl groups excluding tert-OH is 3. The number of halogens is 5. The highest BCUT2D eigenvalue weighted by atomic mass is 79.9. The van der Waals surface area contributed by atoms with E-state index in [-0.39, 0.29) is 155 Å². The first-order valence-electron chi connectivity index (χ1n) is 42.5. The van der Waals surface area contributed by atoms with Gasteiger partial charge in [-0.25, -0.2) is 54.5 Å². The molecular weight excluding hydrogens is 1980 g/mol. The highest BCUT2D eigenvalue weighted by Crippen LogP contribution is 2.31. The second kappa shape index (κ2) is 73.2. The van der Waals surface area contributed by atoms with Gasteiger partial charge in [0.25, 0.3) is 6.47 Å². The SMILES string of the molecule is BrCc1ccccc1.C.C.C.C.C.CC(C)(C)OC(=O)N1C[C@@H](OC=O)C[C@H]1C(=O)O.COC(=O)[C@@H]1C[C@@H](C)CN1C(=O)OC(C)(C)C.COC(=O)[C@@H]1C[C@@H](O)CN1.COC(=O)[C@@H]1C[C@@H](O)CN1C(=O)OC(C)(C)C.COC(=O)[C@@H]1C[C@H](C)CN1.COC(=O)[C@@H]1C[C@H](C)CN1C(=O)OC(C)(C)C.Cl.O=C(O)[C@@H]1C[C@@H](O)CN1.O=C=O.O=C=O.O=CC(F)(F)F.[C-]#[N+][C@H]1C[C@@H](C(=O)OC)N(C(=O)OC(C)(C)C)C1. The molecule has 0 aliphatic carbocycles. The quantitative estimate of drug-likeness (QED) is 0.0336. The van der Waals surface area contributed by atoms with E-state index in [1.807, 2.05) is 32.0 Å². The van der Waals surface area contributed by atoms with Crippen LogP contribution in [0.25, 0.3) is 4.85 Å². The summed E-state index contributed by atoms with van der Waals surface area (Å²) in [5, 5.41) is 54.2. The minimum absolute atomic E-state index is 0. The lowest BCUT2D eigenvalue weighted by Gasteiger charge is -2.27. The van der Waals surface area contributed by atoms with Gasteiger partial charge in [0, 0.05) is 57.2 Å². The minimum Gasteiger partial charge on any atom is -0.480 e. The van der Waals surface area contributed by atoms with Gasteiger partial charge in [-0.3, -0.25) is 48.5 Å². The van der Waals surface area contributed by atoms with Gasteiger partial charge in [-0.2, -0.15) is 32.3 Å². The molecule has 16 atom stereocenters. The number of rotatable bonds is 11. The van der Waals surface area contributed by atoms with E-state index in [4.69, 9.17) is 88.9 Å². The summed E-state index contributed by atoms with van der Waals surface area (Å²) in [5.41, 5.74) is -1.75. The number of carbonyl (C=O) groups is 15. The summed E-state index contributed by atoms with van der Waals surface area (Å²) < 4.78 is 89.7. The number of nitrogens with one attached hydrogen (secondary N) is 3. The Morgan fingerprint density at radius 1 is 0.415 bits per heavy atom. The number of carboxylic acids is 2. The van der Waals surface area contributed by atoms with Crippen molar-refractivity contribution in [3.05, 3.63) is 47.3 Å². The maximum atomic E-state index is 11.9. The maximum Gasteiger partial charge on any atom is 0.446 e. The van der Waals surface area contributed by atoms with Gasteiger partial charge in [0.05, 0.1) is 80.5 Å². The van der Waals surface area contributed by atoms with E-state index in [0.717, 1.165) is 23.2 Å². The van der Waals surface area contributed by atoms with E-state index in [1.165, 1.54) is 67.8 Å². The molecule has 5 amide bonds. The van der Waals surface area contributed by atoms with E-state index >= 15 is 0 Å². The molecule has 8 aliphatic rings. The molecule has 0 aromatic heterocycles. The molecule has 142 heavy (non-hydrogen) atoms. The smallest absolute Gasteiger partial charge is 0.446 e. The summed E-state index contributed by atoms with van der Waals surface area (Å²) in [6.45, 7) is 43.0. The van der Waals surface area contributed by atoms with Gasteiger partial charge in [0.1, 0.15) is 89.0 Å². The average Bonchev–Trinajstić information content (AvgIpc) is 1.71. The number of aliphatic hydroxyl groups is 3. The average molecular weight is 2140 g/mol. The fourth-order valence-electron chi connectivity index (χ4n) is 12.8. The molecule has 8 heterocycles. The normalized spacial score (nSPS) is 22.6. The first-order chi connectivity index (χ1) is 62.7. The molecule has 1 aromatic carbocycles. The van der Waals surface area contributed by atoms with Gasteiger partial charge < -0.3 is 103 Å². The Kier molecular flexibility index (Phi) is 76.7. The number of hydrogen-bond acceptors (Lipinski definition) is 37. The Balaban J connectivity index is -0.000000198. The zero-order valence-electron chi connectivity index (χ0n) is 81.8. The van der Waals surface area contributed by atoms with Crippen molar-refractivity contribution < 1.29 is 187 Å². The lowest BCUT2D eigenvalue weighted by Crippen LogP contribution is -2.43. The third-order valence-electron chi connectivity index (χ3n) is 18.6. The van der Waals surface area contributed by atoms with Crippen molar-refractivity contribution in [3.63, 3.8) is 0 Å². The van der Waals surface area contributed by atoms with E-state index in [0.29, 0.717) is 64.2 Å². The van der Waals surface area contributed by atoms with Crippen LogP contribution >= 0.6 is 28.3 Å². The van der Waals surface area contributed by atoms with Crippen LogP contribution in [0.3, 0.4) is 0 Å². The Labute approximate surface area is 846 Å². The molecule has 45 nitrogen and oxygen atoms in total. The van der Waals surface area contributed by atoms with Gasteiger partial charge in [0.2, 0.25) is 12.3 Å². The van der Waals surface area contributed by atoms with E-state index in [1.54, 1.807) is 104 Å². The van der Waals surface area contributed by atoms with Crippen LogP contribution in [0.4, 0.5) is 37.1 Å². The lowest BCUT2D eigenvalue weighted by atomic mass is 10.1. The number of aliphatic carboxylic acids is 2. The van der Waals surface area contributed by atoms with Crippen molar-refractivity contribution in [2.24, 2.45) is 17.8 Å². The summed E-state index contributed by atoms with van der Waals surface area (Å²) in [5.74, 6) is -3.08. The van der Waals surface area contributed by atoms with Crippen LogP contribution in [0.2, 0.25) is 0 Å². The number of methoxy groups -OCH3 is 6. The summed E-state index contributed by atoms with van der Waals surface area (Å²) in [7, 11) is 7.94. The van der Waals surface area contributed by atoms with Gasteiger partial charge in [0.15, 0.2) is 0 Å². The Bertz CT molecular complexity index is 3850. The van der Waals surface area contributed by atoms with Crippen LogP contribution < -0.4 is 16.0 Å². The third-order valence-corrected chi connectivity index (χ3v) is 19.2. The molecule has 8 fully saturated rings. The molecule has 0 radical (unpaired) electrons. The van der Waals surface area contributed by atoms with Crippen molar-refractivity contribution in [2.45, 2.75) is 331 Å².